The van der Waals surface area contributed by atoms with E-state index in [1.54, 1.807) is 7.11 Å². The number of unbranched alkanes of at least 4 members (excludes halogenated alkanes) is 4. The summed E-state index contributed by atoms with van der Waals surface area (Å²) in [5.41, 5.74) is 9.78. The number of nitrogens with one attached hydrogen (secondary N) is 1. The van der Waals surface area contributed by atoms with Gasteiger partial charge in [-0.05, 0) is 77.2 Å². The predicted molar refractivity (Wildman–Crippen MR) is 450 cm³/mol. The molecule has 0 fully saturated rings. The molecule has 2 aromatic rings. The van der Waals surface area contributed by atoms with E-state index in [9.17, 15) is 9.59 Å². The number of nitrogens with zero attached hydrogens (tertiary/aromatic N) is 2. The number of fused-ring (bicyclic) bond motifs is 2. The van der Waals surface area contributed by atoms with E-state index in [-0.39, 0.29) is 23.2 Å². The summed E-state index contributed by atoms with van der Waals surface area (Å²) >= 11 is 0. The Morgan fingerprint density at radius 3 is 1.03 bits per heavy atom. The average Bonchev–Trinajstić information content (AvgIpc) is 1.60. The summed E-state index contributed by atoms with van der Waals surface area (Å²) in [7, 11) is 1.64. The smallest absolute Gasteiger partial charge is 0.303 e. The van der Waals surface area contributed by atoms with E-state index in [2.05, 4.69) is 123 Å². The van der Waals surface area contributed by atoms with E-state index in [1.165, 1.54) is 45.0 Å². The number of anilines is 1. The number of benzene rings is 2. The van der Waals surface area contributed by atoms with E-state index in [1.807, 2.05) is 0 Å². The molecule has 0 saturated heterocycles. The fourth-order valence-corrected chi connectivity index (χ4v) is 12.3. The lowest BCUT2D eigenvalue weighted by Crippen LogP contribution is -2.28. The molecule has 0 atom stereocenters. The van der Waals surface area contributed by atoms with Crippen molar-refractivity contribution in [3.05, 3.63) is 94.7 Å². The predicted octanol–water partition coefficient (Wildman–Crippen LogP) is 8.82. The molecule has 30 nitrogen and oxygen atoms in total. The first kappa shape index (κ1) is 105. The van der Waals surface area contributed by atoms with Gasteiger partial charge in [0.2, 0.25) is 11.6 Å². The van der Waals surface area contributed by atoms with Gasteiger partial charge in [-0.1, -0.05) is 67.8 Å². The Kier molecular flexibility index (Phi) is 65.8. The Morgan fingerprint density at radius 2 is 0.678 bits per heavy atom. The van der Waals surface area contributed by atoms with Crippen molar-refractivity contribution in [3.63, 3.8) is 0 Å². The first-order valence-corrected chi connectivity index (χ1v) is 42.8. The lowest BCUT2D eigenvalue weighted by molar-refractivity contribution is -0.438. The maximum Gasteiger partial charge on any atom is 0.303 e. The van der Waals surface area contributed by atoms with Crippen LogP contribution in [0.15, 0.2) is 72.5 Å². The summed E-state index contributed by atoms with van der Waals surface area (Å²) in [6.07, 6.45) is 16.8. The fraction of sp³-hybridized carbons (Fsp3) is 0.761. The van der Waals surface area contributed by atoms with Gasteiger partial charge in [-0.25, -0.2) is 0 Å². The van der Waals surface area contributed by atoms with Crippen LogP contribution in [0.25, 0.3) is 0 Å². The van der Waals surface area contributed by atoms with Crippen molar-refractivity contribution in [2.75, 3.05) is 342 Å². The number of aryl methyl sites for hydroxylation is 2. The molecular formula is C88H150N3O27+. The average molecular weight is 1680 g/mol. The molecule has 2 heterocycles. The molecule has 1 amide bonds. The van der Waals surface area contributed by atoms with Crippen molar-refractivity contribution in [1.29, 1.82) is 0 Å². The summed E-state index contributed by atoms with van der Waals surface area (Å²) in [6.45, 7) is 38.4. The van der Waals surface area contributed by atoms with Gasteiger partial charge in [-0.2, -0.15) is 4.58 Å². The van der Waals surface area contributed by atoms with Crippen LogP contribution in [0.5, 0.6) is 0 Å². The molecule has 0 unspecified atom stereocenters. The Morgan fingerprint density at radius 1 is 0.364 bits per heavy atom. The number of rotatable bonds is 87. The zero-order chi connectivity index (χ0) is 84.4. The van der Waals surface area contributed by atoms with Crippen LogP contribution in [0.4, 0.5) is 11.4 Å². The van der Waals surface area contributed by atoms with E-state index in [0.717, 1.165) is 45.2 Å². The molecule has 0 saturated carbocycles. The summed E-state index contributed by atoms with van der Waals surface area (Å²) in [4.78, 5) is 26.3. The second-order valence-electron chi connectivity index (χ2n) is 28.7. The van der Waals surface area contributed by atoms with Gasteiger partial charge in [0.25, 0.3) is 0 Å². The van der Waals surface area contributed by atoms with Crippen LogP contribution in [0.3, 0.4) is 0 Å². The molecule has 30 heteroatoms. The number of carboxylic acid groups (broad SMARTS) is 1. The Bertz CT molecular complexity index is 2890. The number of amides is 1. The number of aliphatic carboxylic acids is 1. The molecule has 4 rings (SSSR count). The van der Waals surface area contributed by atoms with Crippen molar-refractivity contribution in [2.45, 2.75) is 104 Å². The normalized spacial score (nSPS) is 14.1. The first-order valence-electron chi connectivity index (χ1n) is 42.8. The summed E-state index contributed by atoms with van der Waals surface area (Å²) in [5, 5.41) is 12.1. The van der Waals surface area contributed by atoms with Crippen LogP contribution in [-0.2, 0) is 134 Å². The van der Waals surface area contributed by atoms with Crippen LogP contribution in [-0.4, -0.2) is 365 Å². The van der Waals surface area contributed by atoms with Crippen molar-refractivity contribution >= 4 is 29.0 Å². The Labute approximate surface area is 704 Å². The number of methoxy groups -OCH3 is 1. The Balaban J connectivity index is 0.786. The minimum absolute atomic E-state index is 0.0386. The zero-order valence-corrected chi connectivity index (χ0v) is 72.8. The third kappa shape index (κ3) is 53.2. The molecule has 0 aliphatic carbocycles. The zero-order valence-electron chi connectivity index (χ0n) is 72.8. The number of carboxylic acids is 1. The highest BCUT2D eigenvalue weighted by Gasteiger charge is 2.44. The monoisotopic (exact) mass is 1680 g/mol. The highest BCUT2D eigenvalue weighted by Crippen LogP contribution is 2.48. The van der Waals surface area contributed by atoms with Crippen LogP contribution in [0.1, 0.15) is 101 Å². The molecule has 0 radical (unpaired) electrons. The molecule has 2 N–H and O–H groups in total. The Hall–Kier alpha value is -4.89. The van der Waals surface area contributed by atoms with Gasteiger partial charge in [-0.15, -0.1) is 0 Å². The third-order valence-electron chi connectivity index (χ3n) is 18.6. The number of carbonyl (C=O) groups is 2. The second-order valence-corrected chi connectivity index (χ2v) is 28.7. The van der Waals surface area contributed by atoms with Gasteiger partial charge < -0.3 is 129 Å². The van der Waals surface area contributed by atoms with Gasteiger partial charge in [0, 0.05) is 74.0 Å². The number of carbonyl (C=O) groups excluding carboxylic acids is 1. The van der Waals surface area contributed by atoms with Crippen molar-refractivity contribution < 1.29 is 133 Å². The lowest BCUT2D eigenvalue weighted by Gasteiger charge is -2.27. The van der Waals surface area contributed by atoms with Crippen LogP contribution < -0.4 is 10.2 Å². The van der Waals surface area contributed by atoms with Crippen molar-refractivity contribution in [1.82, 2.24) is 5.32 Å². The number of hydrogen-bond donors (Lipinski definition) is 2. The van der Waals surface area contributed by atoms with Gasteiger partial charge in [-0.3, -0.25) is 9.59 Å². The molecule has 118 heavy (non-hydrogen) atoms. The largest absolute Gasteiger partial charge is 0.481 e. The second kappa shape index (κ2) is 73.6. The fourth-order valence-electron chi connectivity index (χ4n) is 12.3. The van der Waals surface area contributed by atoms with Crippen LogP contribution in [0.2, 0.25) is 0 Å². The summed E-state index contributed by atoms with van der Waals surface area (Å²) in [5.74, 6) is -0.698. The van der Waals surface area contributed by atoms with E-state index in [0.29, 0.717) is 330 Å². The van der Waals surface area contributed by atoms with E-state index in [4.69, 9.17) is 119 Å². The standard InChI is InChI=1S/C88H149N3O27/c1-77-21-23-81-79(75-77)87(3,4)83(17-11-8-12-18-84-88(5,6)80-76-78(2)22-24-82(80)91(84)27-16-10-14-20-86(93)94)90(81)26-15-9-13-19-85(92)89-25-28-96-31-32-98-35-36-100-39-40-102-43-44-104-47-48-106-51-52-108-55-56-110-59-60-112-63-64-114-67-68-116-71-72-118-74-73-117-70-69-115-66-65-113-62-61-111-58-57-109-54-53-107-50-49-105-46-45-103-42-41-101-38-37-99-34-33-97-30-29-95-7/h8,11-12,17-18,21-24,75-76H,9-10,13-16,19-20,25-74H2,1-7H3,(H-,89,92,93,94)/p+1. The van der Waals surface area contributed by atoms with Crippen molar-refractivity contribution in [2.24, 2.45) is 0 Å². The number of allylic oxidation sites excluding steroid dienone is 6. The van der Waals surface area contributed by atoms with Gasteiger partial charge in [0.15, 0.2) is 5.71 Å². The minimum atomic E-state index is -0.736. The molecule has 0 spiro atoms. The molecule has 0 aromatic heterocycles. The quantitative estimate of drug-likeness (QED) is 0.0355. The van der Waals surface area contributed by atoms with Crippen LogP contribution in [0, 0.1) is 13.8 Å². The number of ether oxygens (including phenoxy) is 24. The third-order valence-corrected chi connectivity index (χ3v) is 18.6. The maximum absolute atomic E-state index is 12.7. The molecule has 2 aliphatic rings. The van der Waals surface area contributed by atoms with Crippen LogP contribution >= 0.6 is 0 Å². The molecule has 2 aromatic carbocycles. The topological polar surface area (TPSA) is 294 Å². The lowest BCUT2D eigenvalue weighted by atomic mass is 9.81. The maximum atomic E-state index is 12.7. The SMILES string of the molecule is COCCOCCOCCOCCOCCOCCOCCOCCOCCOCCOCCOCCOCCOCCOCCOCCOCCOCCOCCOCCOCCOCCOCCOCCNC(=O)CCCCCN1C(=CC=CC=CC2=[N+](CCCCCC(=O)O)c3ccc(C)cc3C2(C)C)C(C)(C)c2cc(C)ccc21. The number of hydrogen-bond acceptors (Lipinski definition) is 27. The highest BCUT2D eigenvalue weighted by molar-refractivity contribution is 6.03. The highest BCUT2D eigenvalue weighted by atomic mass is 16.6. The van der Waals surface area contributed by atoms with Gasteiger partial charge >= 0.3 is 5.97 Å². The molecule has 678 valence electrons. The first-order chi connectivity index (χ1) is 57.9. The molecular weight excluding hydrogens is 1530 g/mol. The molecule has 2 aliphatic heterocycles. The van der Waals surface area contributed by atoms with E-state index >= 15 is 0 Å². The van der Waals surface area contributed by atoms with Crippen molar-refractivity contribution in [3.8, 4) is 0 Å². The summed E-state index contributed by atoms with van der Waals surface area (Å²) < 4.78 is 135. The summed E-state index contributed by atoms with van der Waals surface area (Å²) in [6, 6.07) is 13.5. The van der Waals surface area contributed by atoms with Gasteiger partial charge in [0.1, 0.15) is 6.54 Å². The van der Waals surface area contributed by atoms with Gasteiger partial charge in [0.05, 0.1) is 316 Å². The van der Waals surface area contributed by atoms with E-state index < -0.39 is 5.97 Å². The minimum Gasteiger partial charge on any atom is -0.481 e. The molecule has 0 bridgehead atoms.